The van der Waals surface area contributed by atoms with E-state index >= 15 is 0 Å². The highest BCUT2D eigenvalue weighted by atomic mass is 19.1. The molecule has 4 atom stereocenters. The van der Waals surface area contributed by atoms with E-state index in [9.17, 15) is 14.6 Å². The minimum atomic E-state index is -0.813. The van der Waals surface area contributed by atoms with Crippen molar-refractivity contribution in [2.75, 3.05) is 20.2 Å². The standard InChI is InChI=1S/C14H21FN2O3/c1-17(7-9-3-2-4-10(15)5-9)13-11(6-16)20-12(8-18)14(13)19/h2-5,11-14,18-19H,6-8,16H2,1H3/t11-,12+,13+,14-/m0/s1. The van der Waals surface area contributed by atoms with Crippen LogP contribution in [-0.4, -0.2) is 59.7 Å². The topological polar surface area (TPSA) is 79.0 Å². The van der Waals surface area contributed by atoms with Crippen LogP contribution in [0.25, 0.3) is 0 Å². The summed E-state index contributed by atoms with van der Waals surface area (Å²) in [6.45, 7) is 0.477. The Morgan fingerprint density at radius 3 is 2.75 bits per heavy atom. The Hall–Kier alpha value is -1.05. The number of benzene rings is 1. The van der Waals surface area contributed by atoms with Crippen LogP contribution < -0.4 is 5.73 Å². The van der Waals surface area contributed by atoms with Gasteiger partial charge in [-0.05, 0) is 24.7 Å². The van der Waals surface area contributed by atoms with Crippen molar-refractivity contribution in [3.63, 3.8) is 0 Å². The van der Waals surface area contributed by atoms with Gasteiger partial charge in [-0.25, -0.2) is 4.39 Å². The van der Waals surface area contributed by atoms with Gasteiger partial charge in [0.15, 0.2) is 0 Å². The van der Waals surface area contributed by atoms with E-state index in [-0.39, 0.29) is 31.1 Å². The Morgan fingerprint density at radius 1 is 1.40 bits per heavy atom. The van der Waals surface area contributed by atoms with Gasteiger partial charge >= 0.3 is 0 Å². The molecule has 1 heterocycles. The summed E-state index contributed by atoms with van der Waals surface area (Å²) in [4.78, 5) is 1.88. The number of halogens is 1. The van der Waals surface area contributed by atoms with Gasteiger partial charge in [0.25, 0.3) is 0 Å². The Kier molecular flexibility index (Phi) is 5.06. The zero-order chi connectivity index (χ0) is 14.7. The van der Waals surface area contributed by atoms with Gasteiger partial charge in [-0.3, -0.25) is 4.90 Å². The van der Waals surface area contributed by atoms with Gasteiger partial charge in [-0.2, -0.15) is 0 Å². The largest absolute Gasteiger partial charge is 0.394 e. The Balaban J connectivity index is 2.09. The summed E-state index contributed by atoms with van der Waals surface area (Å²) in [6, 6.07) is 6.00. The van der Waals surface area contributed by atoms with E-state index in [2.05, 4.69) is 0 Å². The van der Waals surface area contributed by atoms with Gasteiger partial charge in [0.2, 0.25) is 0 Å². The number of hydrogen-bond acceptors (Lipinski definition) is 5. The summed E-state index contributed by atoms with van der Waals surface area (Å²) in [5.74, 6) is -0.289. The highest BCUT2D eigenvalue weighted by Crippen LogP contribution is 2.25. The summed E-state index contributed by atoms with van der Waals surface area (Å²) >= 11 is 0. The van der Waals surface area contributed by atoms with E-state index in [1.165, 1.54) is 12.1 Å². The van der Waals surface area contributed by atoms with Gasteiger partial charge in [0.05, 0.1) is 18.8 Å². The van der Waals surface area contributed by atoms with Crippen molar-refractivity contribution in [2.45, 2.75) is 30.9 Å². The van der Waals surface area contributed by atoms with Gasteiger partial charge < -0.3 is 20.7 Å². The molecule has 0 bridgehead atoms. The first-order valence-electron chi connectivity index (χ1n) is 6.66. The zero-order valence-corrected chi connectivity index (χ0v) is 11.4. The molecule has 0 unspecified atom stereocenters. The van der Waals surface area contributed by atoms with Crippen LogP contribution in [0, 0.1) is 5.82 Å². The molecule has 0 aromatic heterocycles. The number of rotatable bonds is 5. The Morgan fingerprint density at radius 2 is 2.15 bits per heavy atom. The number of aliphatic hydroxyl groups is 2. The summed E-state index contributed by atoms with van der Waals surface area (Å²) in [5, 5.41) is 19.4. The third-order valence-corrected chi connectivity index (χ3v) is 3.70. The fraction of sp³-hybridized carbons (Fsp3) is 0.571. The number of ether oxygens (including phenoxy) is 1. The molecular weight excluding hydrogens is 263 g/mol. The molecule has 4 N–H and O–H groups in total. The summed E-state index contributed by atoms with van der Waals surface area (Å²) in [6.07, 6.45) is -1.78. The van der Waals surface area contributed by atoms with Crippen LogP contribution in [-0.2, 0) is 11.3 Å². The Labute approximate surface area is 117 Å². The molecule has 1 aliphatic rings. The number of nitrogens with two attached hydrogens (primary N) is 1. The van der Waals surface area contributed by atoms with Crippen molar-refractivity contribution < 1.29 is 19.3 Å². The van der Waals surface area contributed by atoms with Gasteiger partial charge in [-0.1, -0.05) is 12.1 Å². The molecule has 0 saturated carbocycles. The van der Waals surface area contributed by atoms with Crippen molar-refractivity contribution in [3.05, 3.63) is 35.6 Å². The molecular formula is C14H21FN2O3. The first-order chi connectivity index (χ1) is 9.56. The molecule has 0 aliphatic carbocycles. The third-order valence-electron chi connectivity index (χ3n) is 3.70. The molecule has 2 rings (SSSR count). The number of aliphatic hydroxyl groups excluding tert-OH is 2. The van der Waals surface area contributed by atoms with Crippen LogP contribution in [0.2, 0.25) is 0 Å². The fourth-order valence-electron chi connectivity index (χ4n) is 2.74. The second-order valence-electron chi connectivity index (χ2n) is 5.16. The zero-order valence-electron chi connectivity index (χ0n) is 11.4. The molecule has 0 amide bonds. The van der Waals surface area contributed by atoms with Crippen LogP contribution in [0.15, 0.2) is 24.3 Å². The van der Waals surface area contributed by atoms with Crippen LogP contribution in [0.4, 0.5) is 4.39 Å². The van der Waals surface area contributed by atoms with Crippen LogP contribution in [0.1, 0.15) is 5.56 Å². The summed E-state index contributed by atoms with van der Waals surface area (Å²) in [7, 11) is 1.82. The third kappa shape index (κ3) is 3.16. The fourth-order valence-corrected chi connectivity index (χ4v) is 2.74. The van der Waals surface area contributed by atoms with Crippen molar-refractivity contribution in [2.24, 2.45) is 5.73 Å². The first kappa shape index (κ1) is 15.3. The second kappa shape index (κ2) is 6.60. The number of nitrogens with zero attached hydrogens (tertiary/aromatic N) is 1. The van der Waals surface area contributed by atoms with Crippen LogP contribution >= 0.6 is 0 Å². The SMILES string of the molecule is CN(Cc1cccc(F)c1)[C@H]1[C@@H](O)[C@@H](CO)O[C@H]1CN. The molecule has 1 aromatic carbocycles. The number of hydrogen-bond donors (Lipinski definition) is 3. The molecule has 112 valence electrons. The molecule has 1 fully saturated rings. The maximum Gasteiger partial charge on any atom is 0.123 e. The highest BCUT2D eigenvalue weighted by Gasteiger charge is 2.44. The summed E-state index contributed by atoms with van der Waals surface area (Å²) < 4.78 is 18.7. The lowest BCUT2D eigenvalue weighted by Crippen LogP contribution is -2.48. The maximum absolute atomic E-state index is 13.2. The van der Waals surface area contributed by atoms with Gasteiger partial charge in [0, 0.05) is 13.1 Å². The molecule has 1 aromatic rings. The molecule has 1 aliphatic heterocycles. The van der Waals surface area contributed by atoms with Gasteiger partial charge in [0.1, 0.15) is 18.0 Å². The van der Waals surface area contributed by atoms with E-state index in [1.54, 1.807) is 6.07 Å². The predicted molar refractivity (Wildman–Crippen MR) is 72.5 cm³/mol. The van der Waals surface area contributed by atoms with Crippen molar-refractivity contribution in [3.8, 4) is 0 Å². The summed E-state index contributed by atoms with van der Waals surface area (Å²) in [5.41, 5.74) is 6.46. The van der Waals surface area contributed by atoms with Crippen LogP contribution in [0.3, 0.4) is 0 Å². The van der Waals surface area contributed by atoms with E-state index < -0.39 is 12.2 Å². The van der Waals surface area contributed by atoms with Crippen LogP contribution in [0.5, 0.6) is 0 Å². The molecule has 5 nitrogen and oxygen atoms in total. The van der Waals surface area contributed by atoms with E-state index in [4.69, 9.17) is 10.5 Å². The highest BCUT2D eigenvalue weighted by molar-refractivity contribution is 5.16. The predicted octanol–water partition coefficient (Wildman–Crippen LogP) is -0.295. The Bertz CT molecular complexity index is 444. The minimum absolute atomic E-state index is 0.248. The van der Waals surface area contributed by atoms with Gasteiger partial charge in [-0.15, -0.1) is 0 Å². The molecule has 6 heteroatoms. The van der Waals surface area contributed by atoms with E-state index in [0.29, 0.717) is 6.54 Å². The van der Waals surface area contributed by atoms with E-state index in [0.717, 1.165) is 5.56 Å². The lowest BCUT2D eigenvalue weighted by atomic mass is 10.0. The van der Waals surface area contributed by atoms with Crippen molar-refractivity contribution in [1.29, 1.82) is 0 Å². The normalized spacial score (nSPS) is 30.1. The maximum atomic E-state index is 13.2. The molecule has 0 spiro atoms. The lowest BCUT2D eigenvalue weighted by molar-refractivity contribution is -0.0193. The molecule has 1 saturated heterocycles. The average Bonchev–Trinajstić information content (AvgIpc) is 2.75. The first-order valence-corrected chi connectivity index (χ1v) is 6.66. The second-order valence-corrected chi connectivity index (χ2v) is 5.16. The minimum Gasteiger partial charge on any atom is -0.394 e. The quantitative estimate of drug-likeness (QED) is 0.692. The van der Waals surface area contributed by atoms with Crippen molar-refractivity contribution >= 4 is 0 Å². The van der Waals surface area contributed by atoms with Crippen molar-refractivity contribution in [1.82, 2.24) is 4.90 Å². The van der Waals surface area contributed by atoms with E-state index in [1.807, 2.05) is 18.0 Å². The lowest BCUT2D eigenvalue weighted by Gasteiger charge is -2.30. The average molecular weight is 284 g/mol. The molecule has 0 radical (unpaired) electrons. The smallest absolute Gasteiger partial charge is 0.123 e. The monoisotopic (exact) mass is 284 g/mol. The molecule has 20 heavy (non-hydrogen) atoms. The number of likely N-dealkylation sites (N-methyl/N-ethyl adjacent to an activating group) is 1.